The number of rotatable bonds is 5. The highest BCUT2D eigenvalue weighted by molar-refractivity contribution is 14.1. The van der Waals surface area contributed by atoms with Gasteiger partial charge in [-0.05, 0) is 103 Å². The van der Waals surface area contributed by atoms with Crippen LogP contribution in [0.15, 0.2) is 94.5 Å². The molecule has 3 aliphatic carbocycles. The normalized spacial score (nSPS) is 22.4. The Hall–Kier alpha value is -2.57. The lowest BCUT2D eigenvalue weighted by atomic mass is 9.55. The van der Waals surface area contributed by atoms with Crippen LogP contribution >= 0.6 is 61.1 Å². The lowest BCUT2D eigenvalue weighted by molar-refractivity contribution is -0.139. The minimum atomic E-state index is -0.436. The Balaban J connectivity index is 1.16. The van der Waals surface area contributed by atoms with Crippen LogP contribution in [0.5, 0.6) is 5.75 Å². The van der Waals surface area contributed by atoms with Gasteiger partial charge in [0.15, 0.2) is 0 Å². The van der Waals surface area contributed by atoms with E-state index in [2.05, 4.69) is 90.5 Å². The first-order valence-electron chi connectivity index (χ1n) is 12.9. The third kappa shape index (κ3) is 4.25. The number of hydrogen-bond acceptors (Lipinski definition) is 4. The van der Waals surface area contributed by atoms with Crippen LogP contribution in [0.25, 0.3) is 0 Å². The second-order valence-corrected chi connectivity index (χ2v) is 13.5. The fourth-order valence-corrected chi connectivity index (χ4v) is 8.82. The van der Waals surface area contributed by atoms with Crippen LogP contribution in [-0.2, 0) is 16.2 Å². The molecule has 8 heteroatoms. The maximum atomic E-state index is 13.8. The third-order valence-corrected chi connectivity index (χ3v) is 10.2. The maximum absolute atomic E-state index is 13.8. The molecule has 2 atom stereocenters. The second-order valence-electron chi connectivity index (χ2n) is 10.2. The van der Waals surface area contributed by atoms with E-state index in [9.17, 15) is 9.59 Å². The van der Waals surface area contributed by atoms with Gasteiger partial charge in [0.05, 0.1) is 25.2 Å². The number of carbonyl (C=O) groups is 2. The number of halogens is 3. The zero-order chi connectivity index (χ0) is 27.5. The fourth-order valence-electron chi connectivity index (χ4n) is 6.43. The molecule has 0 saturated carbocycles. The highest BCUT2D eigenvalue weighted by Gasteiger charge is 2.61. The van der Waals surface area contributed by atoms with Crippen LogP contribution in [0.2, 0.25) is 0 Å². The fraction of sp³-hybridized carbons (Fsp3) is 0.156. The van der Waals surface area contributed by atoms with E-state index in [1.54, 1.807) is 6.21 Å². The average Bonchev–Trinajstić information content (AvgIpc) is 3.22. The number of carbonyl (C=O) groups excluding carboxylic acids is 2. The van der Waals surface area contributed by atoms with E-state index in [0.717, 1.165) is 55.8 Å². The van der Waals surface area contributed by atoms with Crippen LogP contribution in [0.4, 0.5) is 0 Å². The van der Waals surface area contributed by atoms with Crippen molar-refractivity contribution in [3.8, 4) is 5.75 Å². The van der Waals surface area contributed by atoms with Crippen molar-refractivity contribution in [2.24, 2.45) is 16.9 Å². The minimum Gasteiger partial charge on any atom is -0.487 e. The number of imide groups is 1. The SMILES string of the molecule is O=C1[C@@H]2C3c4ccccc4C(c4ccccc43)[C@@H]2C(=O)N1/N=C\c1cc(I)c(OCc2ccc(Br)cc2)c(I)c1. The summed E-state index contributed by atoms with van der Waals surface area (Å²) in [6.07, 6.45) is 1.61. The molecular formula is C32H21BrI2N2O3. The Morgan fingerprint density at radius 2 is 1.25 bits per heavy atom. The van der Waals surface area contributed by atoms with Gasteiger partial charge in [-0.3, -0.25) is 9.59 Å². The van der Waals surface area contributed by atoms with Crippen LogP contribution in [0.1, 0.15) is 45.2 Å². The summed E-state index contributed by atoms with van der Waals surface area (Å²) in [5.74, 6) is -0.782. The maximum Gasteiger partial charge on any atom is 0.254 e. The van der Waals surface area contributed by atoms with Crippen molar-refractivity contribution in [2.45, 2.75) is 18.4 Å². The van der Waals surface area contributed by atoms with Crippen LogP contribution in [0, 0.1) is 19.0 Å². The van der Waals surface area contributed by atoms with Crippen molar-refractivity contribution < 1.29 is 14.3 Å². The van der Waals surface area contributed by atoms with Gasteiger partial charge < -0.3 is 4.74 Å². The minimum absolute atomic E-state index is 0.136. The summed E-state index contributed by atoms with van der Waals surface area (Å²) in [5, 5.41) is 5.59. The van der Waals surface area contributed by atoms with E-state index in [1.807, 2.05) is 60.7 Å². The van der Waals surface area contributed by atoms with E-state index >= 15 is 0 Å². The Bertz CT molecular complexity index is 1580. The number of ether oxygens (including phenoxy) is 1. The van der Waals surface area contributed by atoms with Crippen molar-refractivity contribution in [1.82, 2.24) is 5.01 Å². The Morgan fingerprint density at radius 3 is 1.73 bits per heavy atom. The molecule has 1 heterocycles. The molecule has 198 valence electrons. The predicted octanol–water partition coefficient (Wildman–Crippen LogP) is 7.46. The molecule has 4 aromatic carbocycles. The van der Waals surface area contributed by atoms with Gasteiger partial charge in [-0.1, -0.05) is 76.6 Å². The molecule has 1 saturated heterocycles. The van der Waals surface area contributed by atoms with Crippen molar-refractivity contribution in [1.29, 1.82) is 0 Å². The molecule has 1 aliphatic heterocycles. The zero-order valence-corrected chi connectivity index (χ0v) is 26.8. The molecule has 1 fully saturated rings. The van der Waals surface area contributed by atoms with Gasteiger partial charge >= 0.3 is 0 Å². The van der Waals surface area contributed by atoms with E-state index in [4.69, 9.17) is 4.74 Å². The van der Waals surface area contributed by atoms with Crippen LogP contribution in [0.3, 0.4) is 0 Å². The van der Waals surface area contributed by atoms with E-state index < -0.39 is 11.8 Å². The number of nitrogens with zero attached hydrogens (tertiary/aromatic N) is 2. The van der Waals surface area contributed by atoms with Gasteiger partial charge in [0.2, 0.25) is 0 Å². The first-order valence-corrected chi connectivity index (χ1v) is 15.8. The largest absolute Gasteiger partial charge is 0.487 e. The molecule has 0 N–H and O–H groups in total. The molecule has 0 spiro atoms. The van der Waals surface area contributed by atoms with Gasteiger partial charge in [0.1, 0.15) is 12.4 Å². The van der Waals surface area contributed by atoms with Crippen molar-refractivity contribution >= 4 is 79.1 Å². The van der Waals surface area contributed by atoms with E-state index in [-0.39, 0.29) is 23.7 Å². The first kappa shape index (κ1) is 26.3. The number of amides is 2. The zero-order valence-electron chi connectivity index (χ0n) is 20.9. The molecule has 2 amide bonds. The third-order valence-electron chi connectivity index (χ3n) is 8.06. The Morgan fingerprint density at radius 1 is 0.775 bits per heavy atom. The molecule has 8 rings (SSSR count). The van der Waals surface area contributed by atoms with Gasteiger partial charge in [0, 0.05) is 16.3 Å². The molecule has 0 radical (unpaired) electrons. The highest BCUT2D eigenvalue weighted by atomic mass is 127. The Kier molecular flexibility index (Phi) is 6.82. The average molecular weight is 815 g/mol. The van der Waals surface area contributed by atoms with E-state index in [0.29, 0.717) is 6.61 Å². The Labute approximate surface area is 267 Å². The summed E-state index contributed by atoms with van der Waals surface area (Å²) in [4.78, 5) is 27.6. The second kappa shape index (κ2) is 10.4. The first-order chi connectivity index (χ1) is 19.4. The molecule has 0 unspecified atom stereocenters. The van der Waals surface area contributed by atoms with Gasteiger partial charge in [0.25, 0.3) is 11.8 Å². The summed E-state index contributed by atoms with van der Waals surface area (Å²) in [6, 6.07) is 28.4. The molecule has 4 aromatic rings. The molecule has 0 aromatic heterocycles. The van der Waals surface area contributed by atoms with Crippen molar-refractivity contribution in [2.75, 3.05) is 0 Å². The van der Waals surface area contributed by atoms with Gasteiger partial charge in [-0.25, -0.2) is 0 Å². The summed E-state index contributed by atoms with van der Waals surface area (Å²) >= 11 is 7.96. The molecule has 4 aliphatic rings. The number of hydrogen-bond donors (Lipinski definition) is 0. The summed E-state index contributed by atoms with van der Waals surface area (Å²) in [7, 11) is 0. The number of hydrazone groups is 1. The molecular weight excluding hydrogens is 794 g/mol. The standard InChI is InChI=1S/C32H21BrI2N2O3/c33-19-11-9-17(10-12-19)16-40-30-24(34)13-18(14-25(30)35)15-36-37-31(38)28-26-20-5-1-2-6-21(20)27(29(28)32(37)39)23-8-4-3-7-22(23)26/h1-15,26-29H,16H2/b36-15-/t26?,27?,28-,29+. The summed E-state index contributed by atoms with van der Waals surface area (Å²) < 4.78 is 9.01. The predicted molar refractivity (Wildman–Crippen MR) is 173 cm³/mol. The monoisotopic (exact) mass is 814 g/mol. The van der Waals surface area contributed by atoms with Crippen LogP contribution in [-0.4, -0.2) is 23.0 Å². The molecule has 40 heavy (non-hydrogen) atoms. The smallest absolute Gasteiger partial charge is 0.254 e. The van der Waals surface area contributed by atoms with Gasteiger partial charge in [-0.15, -0.1) is 0 Å². The lowest BCUT2D eigenvalue weighted by Crippen LogP contribution is -2.41. The quantitative estimate of drug-likeness (QED) is 0.120. The van der Waals surface area contributed by atoms with Crippen molar-refractivity contribution in [3.63, 3.8) is 0 Å². The van der Waals surface area contributed by atoms with Crippen LogP contribution < -0.4 is 4.74 Å². The highest BCUT2D eigenvalue weighted by Crippen LogP contribution is 2.60. The molecule has 5 nitrogen and oxygen atoms in total. The lowest BCUT2D eigenvalue weighted by Gasteiger charge is -2.45. The van der Waals surface area contributed by atoms with E-state index in [1.165, 1.54) is 0 Å². The molecule has 2 bridgehead atoms. The summed E-state index contributed by atoms with van der Waals surface area (Å²) in [5.41, 5.74) is 6.50. The van der Waals surface area contributed by atoms with Gasteiger partial charge in [-0.2, -0.15) is 10.1 Å². The topological polar surface area (TPSA) is 59.0 Å². The number of benzene rings is 4. The summed E-state index contributed by atoms with van der Waals surface area (Å²) in [6.45, 7) is 0.458. The van der Waals surface area contributed by atoms with Crippen molar-refractivity contribution in [3.05, 3.63) is 130 Å².